The van der Waals surface area contributed by atoms with Crippen LogP contribution < -0.4 is 9.62 Å². The number of para-hydroxylation sites is 1. The first kappa shape index (κ1) is 21.9. The number of rotatable bonds is 4. The number of imide groups is 1. The number of benzene rings is 2. The number of carbonyl (C=O) groups is 2. The van der Waals surface area contributed by atoms with Gasteiger partial charge in [-0.1, -0.05) is 31.0 Å². The standard InChI is InChI=1S/C22H19F3N4O2S/c1-21(2)19(30)29(18-8-7-14(22(23,24)25)11-17(18)27-32)20(31)28(21)12-13-9-10-26-16-6-4-3-5-15(13)16/h3-11,27,32H,12H2,1-2H3. The molecule has 4 rings (SSSR count). The molecular weight excluding hydrogens is 441 g/mol. The van der Waals surface area contributed by atoms with Crippen LogP contribution in [-0.2, 0) is 17.5 Å². The SMILES string of the molecule is CC1(C)C(=O)N(c2ccc(C(F)(F)F)cc2NS)C(=O)N1Cc1ccnc2ccccc12. The minimum absolute atomic E-state index is 0.00170. The Morgan fingerprint density at radius 2 is 1.81 bits per heavy atom. The number of amides is 3. The summed E-state index contributed by atoms with van der Waals surface area (Å²) in [5.74, 6) is -0.551. The summed E-state index contributed by atoms with van der Waals surface area (Å²) in [6.07, 6.45) is -2.95. The molecule has 1 fully saturated rings. The summed E-state index contributed by atoms with van der Waals surface area (Å²) in [5.41, 5.74) is -0.697. The predicted molar refractivity (Wildman–Crippen MR) is 118 cm³/mol. The molecule has 0 atom stereocenters. The summed E-state index contributed by atoms with van der Waals surface area (Å²) in [7, 11) is 0. The van der Waals surface area contributed by atoms with E-state index >= 15 is 0 Å². The topological polar surface area (TPSA) is 65.5 Å². The number of alkyl halides is 3. The number of nitrogens with one attached hydrogen (secondary N) is 1. The average molecular weight is 460 g/mol. The first-order chi connectivity index (χ1) is 15.1. The normalized spacial score (nSPS) is 16.2. The van der Waals surface area contributed by atoms with Crippen LogP contribution in [0.25, 0.3) is 10.9 Å². The third-order valence-electron chi connectivity index (χ3n) is 5.58. The van der Waals surface area contributed by atoms with Crippen molar-refractivity contribution in [1.29, 1.82) is 0 Å². The van der Waals surface area contributed by atoms with Gasteiger partial charge in [0.1, 0.15) is 5.54 Å². The van der Waals surface area contributed by atoms with Gasteiger partial charge in [0.2, 0.25) is 0 Å². The van der Waals surface area contributed by atoms with Crippen molar-refractivity contribution in [3.63, 3.8) is 0 Å². The molecule has 2 aromatic carbocycles. The molecule has 10 heteroatoms. The van der Waals surface area contributed by atoms with Crippen LogP contribution in [0.5, 0.6) is 0 Å². The van der Waals surface area contributed by atoms with E-state index in [1.165, 1.54) is 4.90 Å². The summed E-state index contributed by atoms with van der Waals surface area (Å²) in [4.78, 5) is 33.2. The second kappa shape index (κ2) is 7.70. The summed E-state index contributed by atoms with van der Waals surface area (Å²) in [6.45, 7) is 3.34. The largest absolute Gasteiger partial charge is 0.416 e. The van der Waals surface area contributed by atoms with E-state index in [1.807, 2.05) is 24.3 Å². The van der Waals surface area contributed by atoms with Crippen molar-refractivity contribution >= 4 is 47.0 Å². The molecule has 166 valence electrons. The summed E-state index contributed by atoms with van der Waals surface area (Å²) in [5, 5.41) is 0.844. The van der Waals surface area contributed by atoms with Gasteiger partial charge in [0.15, 0.2) is 0 Å². The lowest BCUT2D eigenvalue weighted by molar-refractivity contribution is -0.137. The molecule has 1 saturated heterocycles. The molecule has 0 saturated carbocycles. The van der Waals surface area contributed by atoms with Crippen molar-refractivity contribution < 1.29 is 22.8 Å². The van der Waals surface area contributed by atoms with E-state index in [0.29, 0.717) is 0 Å². The lowest BCUT2D eigenvalue weighted by Crippen LogP contribution is -2.43. The summed E-state index contributed by atoms with van der Waals surface area (Å²) >= 11 is 3.87. The maximum absolute atomic E-state index is 13.4. The van der Waals surface area contributed by atoms with Crippen molar-refractivity contribution in [3.8, 4) is 0 Å². The van der Waals surface area contributed by atoms with E-state index in [9.17, 15) is 22.8 Å². The van der Waals surface area contributed by atoms with Crippen LogP contribution >= 0.6 is 12.8 Å². The van der Waals surface area contributed by atoms with Crippen LogP contribution in [0.2, 0.25) is 0 Å². The zero-order valence-corrected chi connectivity index (χ0v) is 18.0. The van der Waals surface area contributed by atoms with Crippen LogP contribution in [0.3, 0.4) is 0 Å². The van der Waals surface area contributed by atoms with Gasteiger partial charge < -0.3 is 9.62 Å². The Labute approximate surface area is 187 Å². The predicted octanol–water partition coefficient (Wildman–Crippen LogP) is 5.26. The van der Waals surface area contributed by atoms with Gasteiger partial charge in [-0.2, -0.15) is 13.2 Å². The lowest BCUT2D eigenvalue weighted by atomic mass is 10.0. The van der Waals surface area contributed by atoms with Crippen LogP contribution in [0.1, 0.15) is 25.0 Å². The van der Waals surface area contributed by atoms with E-state index in [2.05, 4.69) is 22.5 Å². The molecule has 1 aliphatic rings. The molecule has 1 N–H and O–H groups in total. The number of urea groups is 1. The monoisotopic (exact) mass is 460 g/mol. The highest BCUT2D eigenvalue weighted by Gasteiger charge is 2.52. The van der Waals surface area contributed by atoms with E-state index in [-0.39, 0.29) is 17.9 Å². The molecule has 1 aliphatic heterocycles. The Balaban J connectivity index is 1.75. The number of fused-ring (bicyclic) bond motifs is 1. The van der Waals surface area contributed by atoms with Gasteiger partial charge in [-0.05, 0) is 49.7 Å². The number of aromatic nitrogens is 1. The van der Waals surface area contributed by atoms with Gasteiger partial charge in [0.05, 0.1) is 22.5 Å². The van der Waals surface area contributed by atoms with Gasteiger partial charge in [0.25, 0.3) is 5.91 Å². The third kappa shape index (κ3) is 3.54. The van der Waals surface area contributed by atoms with Gasteiger partial charge in [0, 0.05) is 18.1 Å². The Morgan fingerprint density at radius 1 is 1.09 bits per heavy atom. The van der Waals surface area contributed by atoms with Gasteiger partial charge >= 0.3 is 12.2 Å². The van der Waals surface area contributed by atoms with E-state index in [4.69, 9.17) is 0 Å². The van der Waals surface area contributed by atoms with Crippen LogP contribution in [-0.4, -0.2) is 27.4 Å². The fraction of sp³-hybridized carbons (Fsp3) is 0.227. The minimum Gasteiger partial charge on any atom is -0.331 e. The molecule has 3 aromatic rings. The Hall–Kier alpha value is -3.27. The number of halogens is 3. The van der Waals surface area contributed by atoms with Crippen molar-refractivity contribution in [3.05, 3.63) is 65.9 Å². The van der Waals surface area contributed by atoms with Crippen LogP contribution in [0, 0.1) is 0 Å². The van der Waals surface area contributed by atoms with Crippen LogP contribution in [0.15, 0.2) is 54.7 Å². The Morgan fingerprint density at radius 3 is 2.50 bits per heavy atom. The highest BCUT2D eigenvalue weighted by Crippen LogP contribution is 2.40. The molecule has 0 aliphatic carbocycles. The van der Waals surface area contributed by atoms with Gasteiger partial charge in [-0.25, -0.2) is 9.69 Å². The minimum atomic E-state index is -4.58. The average Bonchev–Trinajstić information content (AvgIpc) is 2.92. The number of nitrogens with zero attached hydrogens (tertiary/aromatic N) is 3. The second-order valence-corrected chi connectivity index (χ2v) is 8.12. The first-order valence-electron chi connectivity index (χ1n) is 9.66. The molecule has 2 heterocycles. The molecule has 0 unspecified atom stereocenters. The van der Waals surface area contributed by atoms with Crippen molar-refractivity contribution in [2.45, 2.75) is 32.1 Å². The quantitative estimate of drug-likeness (QED) is 0.412. The highest BCUT2D eigenvalue weighted by atomic mass is 32.1. The highest BCUT2D eigenvalue weighted by molar-refractivity contribution is 7.81. The molecule has 3 amide bonds. The molecule has 1 aromatic heterocycles. The summed E-state index contributed by atoms with van der Waals surface area (Å²) < 4.78 is 41.7. The van der Waals surface area contributed by atoms with Crippen molar-refractivity contribution in [2.75, 3.05) is 9.62 Å². The second-order valence-electron chi connectivity index (χ2n) is 7.90. The number of anilines is 2. The molecule has 0 bridgehead atoms. The van der Waals surface area contributed by atoms with E-state index in [0.717, 1.165) is 39.6 Å². The lowest BCUT2D eigenvalue weighted by Gasteiger charge is -2.28. The fourth-order valence-corrected chi connectivity index (χ4v) is 3.95. The molecule has 0 spiro atoms. The summed E-state index contributed by atoms with van der Waals surface area (Å²) in [6, 6.07) is 11.3. The number of hydrogen-bond donors (Lipinski definition) is 2. The molecule has 6 nitrogen and oxygen atoms in total. The number of carbonyl (C=O) groups excluding carboxylic acids is 2. The first-order valence-corrected chi connectivity index (χ1v) is 10.1. The maximum atomic E-state index is 13.4. The van der Waals surface area contributed by atoms with Gasteiger partial charge in [-0.15, -0.1) is 0 Å². The van der Waals surface area contributed by atoms with E-state index < -0.39 is 29.2 Å². The molecular formula is C22H19F3N4O2S. The zero-order chi connectivity index (χ0) is 23.3. The van der Waals surface area contributed by atoms with Crippen molar-refractivity contribution in [2.24, 2.45) is 0 Å². The van der Waals surface area contributed by atoms with Gasteiger partial charge in [-0.3, -0.25) is 9.78 Å². The zero-order valence-electron chi connectivity index (χ0n) is 17.1. The Bertz CT molecular complexity index is 1220. The van der Waals surface area contributed by atoms with Crippen molar-refractivity contribution in [1.82, 2.24) is 9.88 Å². The smallest absolute Gasteiger partial charge is 0.331 e. The Kier molecular flexibility index (Phi) is 5.28. The number of thiol groups is 1. The van der Waals surface area contributed by atoms with E-state index in [1.54, 1.807) is 26.1 Å². The number of hydrogen-bond acceptors (Lipinski definition) is 5. The molecule has 0 radical (unpaired) electrons. The maximum Gasteiger partial charge on any atom is 0.416 e. The molecule has 32 heavy (non-hydrogen) atoms. The third-order valence-corrected chi connectivity index (χ3v) is 5.82. The number of pyridine rings is 1. The van der Waals surface area contributed by atoms with Crippen LogP contribution in [0.4, 0.5) is 29.3 Å². The fourth-order valence-electron chi connectivity index (χ4n) is 3.77.